The molecule has 4 N–H and O–H groups in total. The second kappa shape index (κ2) is 6.00. The number of aliphatic carboxylic acids is 1. The van der Waals surface area contributed by atoms with E-state index in [9.17, 15) is 4.79 Å². The first-order valence-electron chi connectivity index (χ1n) is 5.25. The van der Waals surface area contributed by atoms with E-state index in [0.717, 1.165) is 18.4 Å². The Kier molecular flexibility index (Phi) is 4.66. The first-order valence-corrected chi connectivity index (χ1v) is 5.25. The van der Waals surface area contributed by atoms with E-state index >= 15 is 0 Å². The Morgan fingerprint density at radius 3 is 2.65 bits per heavy atom. The van der Waals surface area contributed by atoms with Crippen molar-refractivity contribution in [3.05, 3.63) is 35.4 Å². The molecule has 1 aliphatic carbocycles. The van der Waals surface area contributed by atoms with E-state index in [4.69, 9.17) is 20.7 Å². The summed E-state index contributed by atoms with van der Waals surface area (Å²) < 4.78 is 0. The molecule has 0 radical (unpaired) electrons. The molecule has 1 aliphatic rings. The number of carboxylic acids is 1. The van der Waals surface area contributed by atoms with Gasteiger partial charge in [0.1, 0.15) is 6.04 Å². The number of fused-ring (bicyclic) bond motifs is 1. The summed E-state index contributed by atoms with van der Waals surface area (Å²) >= 11 is 0. The summed E-state index contributed by atoms with van der Waals surface area (Å²) in [4.78, 5) is 19.1. The molecule has 0 saturated carbocycles. The summed E-state index contributed by atoms with van der Waals surface area (Å²) in [5.41, 5.74) is 8.00. The lowest BCUT2D eigenvalue weighted by Crippen LogP contribution is -2.35. The van der Waals surface area contributed by atoms with Gasteiger partial charge in [0.05, 0.1) is 0 Å². The molecule has 0 aliphatic heterocycles. The van der Waals surface area contributed by atoms with Crippen LogP contribution in [0.4, 0.5) is 0 Å². The molecular formula is C12H15NO4. The third-order valence-electron chi connectivity index (χ3n) is 2.90. The quantitative estimate of drug-likeness (QED) is 0.661. The Labute approximate surface area is 98.9 Å². The van der Waals surface area contributed by atoms with Crippen molar-refractivity contribution >= 4 is 12.4 Å². The summed E-state index contributed by atoms with van der Waals surface area (Å²) in [5.74, 6) is -0.921. The van der Waals surface area contributed by atoms with Crippen molar-refractivity contribution in [1.29, 1.82) is 0 Å². The van der Waals surface area contributed by atoms with Gasteiger partial charge in [0.2, 0.25) is 0 Å². The smallest absolute Gasteiger partial charge is 0.321 e. The number of hydrogen-bond donors (Lipinski definition) is 3. The van der Waals surface area contributed by atoms with Gasteiger partial charge >= 0.3 is 5.97 Å². The number of rotatable bonds is 2. The molecule has 2 rings (SSSR count). The van der Waals surface area contributed by atoms with E-state index in [2.05, 4.69) is 0 Å². The molecule has 0 fully saturated rings. The average Bonchev–Trinajstić information content (AvgIpc) is 2.72. The van der Waals surface area contributed by atoms with Gasteiger partial charge in [0, 0.05) is 5.92 Å². The fraction of sp³-hybridized carbons (Fsp3) is 0.333. The molecule has 2 atom stereocenters. The third kappa shape index (κ3) is 3.04. The van der Waals surface area contributed by atoms with Crippen LogP contribution in [0.5, 0.6) is 0 Å². The van der Waals surface area contributed by atoms with E-state index in [0.29, 0.717) is 0 Å². The van der Waals surface area contributed by atoms with Gasteiger partial charge in [-0.25, -0.2) is 0 Å². The van der Waals surface area contributed by atoms with E-state index in [1.165, 1.54) is 5.56 Å². The molecule has 5 heteroatoms. The molecule has 0 bridgehead atoms. The molecule has 0 heterocycles. The van der Waals surface area contributed by atoms with Crippen LogP contribution in [0.3, 0.4) is 0 Å². The van der Waals surface area contributed by atoms with Gasteiger partial charge in [-0.2, -0.15) is 0 Å². The van der Waals surface area contributed by atoms with Crippen LogP contribution >= 0.6 is 0 Å². The van der Waals surface area contributed by atoms with Gasteiger partial charge in [-0.05, 0) is 24.0 Å². The number of aryl methyl sites for hydroxylation is 1. The molecular weight excluding hydrogens is 222 g/mol. The maximum atomic E-state index is 10.8. The minimum atomic E-state index is -0.910. The van der Waals surface area contributed by atoms with Crippen LogP contribution in [-0.4, -0.2) is 28.7 Å². The molecule has 1 aromatic rings. The molecule has 0 aromatic heterocycles. The molecule has 0 saturated heterocycles. The van der Waals surface area contributed by atoms with Crippen molar-refractivity contribution in [3.8, 4) is 0 Å². The van der Waals surface area contributed by atoms with Gasteiger partial charge in [0.25, 0.3) is 6.47 Å². The second-order valence-corrected chi connectivity index (χ2v) is 3.81. The summed E-state index contributed by atoms with van der Waals surface area (Å²) in [6.07, 6.45) is 1.80. The zero-order valence-corrected chi connectivity index (χ0v) is 9.24. The minimum absolute atomic E-state index is 0.0105. The van der Waals surface area contributed by atoms with Gasteiger partial charge in [-0.15, -0.1) is 0 Å². The predicted molar refractivity (Wildman–Crippen MR) is 61.8 cm³/mol. The molecule has 1 aromatic carbocycles. The monoisotopic (exact) mass is 237 g/mol. The Morgan fingerprint density at radius 1 is 1.47 bits per heavy atom. The normalized spacial score (nSPS) is 18.5. The van der Waals surface area contributed by atoms with Gasteiger partial charge in [0.15, 0.2) is 0 Å². The molecule has 5 nitrogen and oxygen atoms in total. The van der Waals surface area contributed by atoms with Crippen LogP contribution in [0.1, 0.15) is 23.5 Å². The van der Waals surface area contributed by atoms with Crippen molar-refractivity contribution in [2.75, 3.05) is 0 Å². The number of carbonyl (C=O) groups is 2. The summed E-state index contributed by atoms with van der Waals surface area (Å²) in [6.45, 7) is -0.250. The van der Waals surface area contributed by atoms with Crippen molar-refractivity contribution in [2.45, 2.75) is 24.8 Å². The van der Waals surface area contributed by atoms with Crippen LogP contribution in [0.2, 0.25) is 0 Å². The van der Waals surface area contributed by atoms with Crippen LogP contribution in [0, 0.1) is 0 Å². The van der Waals surface area contributed by atoms with E-state index in [-0.39, 0.29) is 12.4 Å². The lowest BCUT2D eigenvalue weighted by molar-refractivity contribution is -0.139. The van der Waals surface area contributed by atoms with Crippen LogP contribution < -0.4 is 5.73 Å². The molecule has 0 spiro atoms. The fourth-order valence-electron chi connectivity index (χ4n) is 2.14. The topological polar surface area (TPSA) is 101 Å². The van der Waals surface area contributed by atoms with Crippen molar-refractivity contribution in [2.24, 2.45) is 5.73 Å². The number of nitrogens with two attached hydrogens (primary N) is 1. The lowest BCUT2D eigenvalue weighted by atomic mass is 9.94. The predicted octanol–water partition coefficient (Wildman–Crippen LogP) is 0.829. The van der Waals surface area contributed by atoms with Gasteiger partial charge < -0.3 is 15.9 Å². The molecule has 0 amide bonds. The highest BCUT2D eigenvalue weighted by molar-refractivity contribution is 5.75. The Balaban J connectivity index is 0.000000437. The highest BCUT2D eigenvalue weighted by Crippen LogP contribution is 2.34. The number of benzene rings is 1. The van der Waals surface area contributed by atoms with Crippen LogP contribution in [-0.2, 0) is 16.0 Å². The SMILES string of the molecule is NC(C(=O)O)C1CCc2ccccc21.O=CO. The minimum Gasteiger partial charge on any atom is -0.483 e. The first-order chi connectivity index (χ1) is 8.11. The number of carboxylic acid groups (broad SMARTS) is 2. The molecule has 17 heavy (non-hydrogen) atoms. The van der Waals surface area contributed by atoms with Crippen molar-refractivity contribution in [3.63, 3.8) is 0 Å². The van der Waals surface area contributed by atoms with Crippen LogP contribution in [0.15, 0.2) is 24.3 Å². The number of hydrogen-bond acceptors (Lipinski definition) is 3. The lowest BCUT2D eigenvalue weighted by Gasteiger charge is -2.15. The van der Waals surface area contributed by atoms with E-state index in [1.807, 2.05) is 24.3 Å². The van der Waals surface area contributed by atoms with E-state index < -0.39 is 12.0 Å². The fourth-order valence-corrected chi connectivity index (χ4v) is 2.14. The summed E-state index contributed by atoms with van der Waals surface area (Å²) in [5, 5.41) is 15.7. The highest BCUT2D eigenvalue weighted by Gasteiger charge is 2.31. The zero-order chi connectivity index (χ0) is 12.8. The average molecular weight is 237 g/mol. The van der Waals surface area contributed by atoms with Gasteiger partial charge in [-0.3, -0.25) is 9.59 Å². The van der Waals surface area contributed by atoms with Crippen molar-refractivity contribution in [1.82, 2.24) is 0 Å². The van der Waals surface area contributed by atoms with E-state index in [1.54, 1.807) is 0 Å². The Bertz CT molecular complexity index is 405. The Hall–Kier alpha value is -1.88. The summed E-state index contributed by atoms with van der Waals surface area (Å²) in [7, 11) is 0. The summed E-state index contributed by atoms with van der Waals surface area (Å²) in [6, 6.07) is 7.18. The van der Waals surface area contributed by atoms with Crippen molar-refractivity contribution < 1.29 is 19.8 Å². The Morgan fingerprint density at radius 2 is 2.06 bits per heavy atom. The first kappa shape index (κ1) is 13.2. The third-order valence-corrected chi connectivity index (χ3v) is 2.90. The second-order valence-electron chi connectivity index (χ2n) is 3.81. The van der Waals surface area contributed by atoms with Gasteiger partial charge in [-0.1, -0.05) is 24.3 Å². The molecule has 2 unspecified atom stereocenters. The van der Waals surface area contributed by atoms with Crippen LogP contribution in [0.25, 0.3) is 0 Å². The standard InChI is InChI=1S/C11H13NO2.CH2O2/c12-10(11(13)14)9-6-5-7-3-1-2-4-8(7)9;2-1-3/h1-4,9-10H,5-6,12H2,(H,13,14);1H,(H,2,3). The molecule has 92 valence electrons. The maximum absolute atomic E-state index is 10.8. The highest BCUT2D eigenvalue weighted by atomic mass is 16.4. The maximum Gasteiger partial charge on any atom is 0.321 e. The zero-order valence-electron chi connectivity index (χ0n) is 9.24. The largest absolute Gasteiger partial charge is 0.483 e.